The summed E-state index contributed by atoms with van der Waals surface area (Å²) in [4.78, 5) is 12.0. The van der Waals surface area contributed by atoms with Crippen LogP contribution < -0.4 is 14.9 Å². The number of amides is 1. The van der Waals surface area contributed by atoms with Crippen molar-refractivity contribution in [3.8, 4) is 11.5 Å². The Kier molecular flexibility index (Phi) is 6.63. The van der Waals surface area contributed by atoms with E-state index in [9.17, 15) is 4.79 Å². The number of nitrogens with one attached hydrogen (secondary N) is 1. The van der Waals surface area contributed by atoms with Crippen LogP contribution in [0.25, 0.3) is 0 Å². The predicted octanol–water partition coefficient (Wildman–Crippen LogP) is 3.66. The van der Waals surface area contributed by atoms with Gasteiger partial charge in [0.15, 0.2) is 6.10 Å². The summed E-state index contributed by atoms with van der Waals surface area (Å²) in [5, 5.41) is 4.50. The van der Waals surface area contributed by atoms with Crippen LogP contribution in [0.1, 0.15) is 19.4 Å². The summed E-state index contributed by atoms with van der Waals surface area (Å²) >= 11 is 5.88. The first-order valence-corrected chi connectivity index (χ1v) is 7.95. The fourth-order valence-electron chi connectivity index (χ4n) is 1.93. The molecule has 0 radical (unpaired) electrons. The number of hydrogen-bond acceptors (Lipinski definition) is 4. The Bertz CT molecular complexity index is 719. The minimum absolute atomic E-state index is 0.361. The predicted molar refractivity (Wildman–Crippen MR) is 94.9 cm³/mol. The van der Waals surface area contributed by atoms with Gasteiger partial charge in [-0.1, -0.05) is 29.8 Å². The molecule has 1 atom stereocenters. The van der Waals surface area contributed by atoms with Crippen molar-refractivity contribution in [3.05, 3.63) is 59.1 Å². The lowest BCUT2D eigenvalue weighted by molar-refractivity contribution is -0.127. The maximum atomic E-state index is 12.0. The Hall–Kier alpha value is -2.53. The fourth-order valence-corrected chi connectivity index (χ4v) is 2.11. The molecule has 0 saturated carbocycles. The molecule has 0 saturated heterocycles. The van der Waals surface area contributed by atoms with E-state index >= 15 is 0 Å². The number of benzene rings is 2. The average Bonchev–Trinajstić information content (AvgIpc) is 2.56. The third kappa shape index (κ3) is 5.28. The van der Waals surface area contributed by atoms with E-state index in [1.807, 2.05) is 31.2 Å². The third-order valence-corrected chi connectivity index (χ3v) is 3.31. The number of nitrogens with zero attached hydrogens (tertiary/aromatic N) is 1. The Morgan fingerprint density at radius 1 is 1.29 bits per heavy atom. The highest BCUT2D eigenvalue weighted by atomic mass is 35.5. The second-order valence-electron chi connectivity index (χ2n) is 4.92. The van der Waals surface area contributed by atoms with Crippen LogP contribution in [-0.2, 0) is 4.79 Å². The van der Waals surface area contributed by atoms with E-state index in [-0.39, 0.29) is 5.91 Å². The number of para-hydroxylation sites is 1. The van der Waals surface area contributed by atoms with Crippen LogP contribution in [0.5, 0.6) is 11.5 Å². The van der Waals surface area contributed by atoms with Crippen molar-refractivity contribution in [2.45, 2.75) is 20.0 Å². The maximum absolute atomic E-state index is 12.0. The molecule has 2 aromatic carbocycles. The van der Waals surface area contributed by atoms with Gasteiger partial charge in [0.25, 0.3) is 5.91 Å². The Balaban J connectivity index is 1.92. The zero-order chi connectivity index (χ0) is 17.4. The van der Waals surface area contributed by atoms with Crippen LogP contribution in [0, 0.1) is 0 Å². The number of hydrogen-bond donors (Lipinski definition) is 1. The van der Waals surface area contributed by atoms with Crippen molar-refractivity contribution in [1.29, 1.82) is 0 Å². The lowest BCUT2D eigenvalue weighted by Gasteiger charge is -2.13. The number of carbonyl (C=O) groups excluding carboxylic acids is 1. The summed E-state index contributed by atoms with van der Waals surface area (Å²) < 4.78 is 11.0. The fraction of sp³-hybridized carbons (Fsp3) is 0.222. The number of rotatable bonds is 7. The molecule has 5 nitrogen and oxygen atoms in total. The molecule has 0 aliphatic heterocycles. The second-order valence-corrected chi connectivity index (χ2v) is 5.36. The highest BCUT2D eigenvalue weighted by Gasteiger charge is 2.14. The van der Waals surface area contributed by atoms with Gasteiger partial charge in [-0.15, -0.1) is 0 Å². The lowest BCUT2D eigenvalue weighted by Crippen LogP contribution is -2.33. The van der Waals surface area contributed by atoms with Gasteiger partial charge < -0.3 is 9.47 Å². The van der Waals surface area contributed by atoms with E-state index in [0.717, 1.165) is 5.56 Å². The number of carbonyl (C=O) groups is 1. The summed E-state index contributed by atoms with van der Waals surface area (Å²) in [5.74, 6) is 0.872. The Morgan fingerprint density at radius 3 is 2.83 bits per heavy atom. The topological polar surface area (TPSA) is 59.9 Å². The average molecular weight is 347 g/mol. The standard InChI is InChI=1S/C18H19ClN2O3/c1-3-23-17-10-5-4-7-14(17)12-20-21-18(22)13(2)24-16-9-6-8-15(19)11-16/h4-13H,3H2,1-2H3,(H,21,22)/b20-12-/t13-/m0/s1. The molecule has 2 aromatic rings. The minimum Gasteiger partial charge on any atom is -0.493 e. The molecule has 6 heteroatoms. The summed E-state index contributed by atoms with van der Waals surface area (Å²) in [6.45, 7) is 4.10. The van der Waals surface area contributed by atoms with Gasteiger partial charge in [0, 0.05) is 10.6 Å². The molecular formula is C18H19ClN2O3. The maximum Gasteiger partial charge on any atom is 0.280 e. The molecule has 24 heavy (non-hydrogen) atoms. The van der Waals surface area contributed by atoms with Gasteiger partial charge in [-0.05, 0) is 44.2 Å². The summed E-state index contributed by atoms with van der Waals surface area (Å²) in [7, 11) is 0. The van der Waals surface area contributed by atoms with Gasteiger partial charge in [-0.3, -0.25) is 4.79 Å². The molecule has 1 amide bonds. The molecule has 2 rings (SSSR count). The van der Waals surface area contributed by atoms with Gasteiger partial charge >= 0.3 is 0 Å². The number of halogens is 1. The molecule has 0 spiro atoms. The van der Waals surface area contributed by atoms with Crippen LogP contribution in [-0.4, -0.2) is 24.8 Å². The van der Waals surface area contributed by atoms with Crippen molar-refractivity contribution >= 4 is 23.7 Å². The minimum atomic E-state index is -0.706. The molecular weight excluding hydrogens is 328 g/mol. The molecule has 0 aliphatic rings. The zero-order valence-corrected chi connectivity index (χ0v) is 14.3. The normalized spacial score (nSPS) is 12.0. The van der Waals surface area contributed by atoms with Crippen LogP contribution in [0.3, 0.4) is 0 Å². The number of hydrazone groups is 1. The van der Waals surface area contributed by atoms with Gasteiger partial charge in [0.05, 0.1) is 12.8 Å². The molecule has 0 bridgehead atoms. The first kappa shape index (κ1) is 17.8. The summed E-state index contributed by atoms with van der Waals surface area (Å²) in [6.07, 6.45) is 0.831. The second kappa shape index (κ2) is 8.93. The van der Waals surface area contributed by atoms with Crippen LogP contribution in [0.15, 0.2) is 53.6 Å². The van der Waals surface area contributed by atoms with Gasteiger partial charge in [-0.2, -0.15) is 5.10 Å². The van der Waals surface area contributed by atoms with E-state index < -0.39 is 6.10 Å². The van der Waals surface area contributed by atoms with E-state index in [2.05, 4.69) is 10.5 Å². The molecule has 0 heterocycles. The van der Waals surface area contributed by atoms with Gasteiger partial charge in [-0.25, -0.2) is 5.43 Å². The quantitative estimate of drug-likeness (QED) is 0.615. The van der Waals surface area contributed by atoms with Crippen molar-refractivity contribution in [2.24, 2.45) is 5.10 Å². The van der Waals surface area contributed by atoms with Gasteiger partial charge in [0.1, 0.15) is 11.5 Å². The van der Waals surface area contributed by atoms with Crippen LogP contribution >= 0.6 is 11.6 Å². The molecule has 0 unspecified atom stereocenters. The molecule has 0 aliphatic carbocycles. The summed E-state index contributed by atoms with van der Waals surface area (Å²) in [6, 6.07) is 14.3. The van der Waals surface area contributed by atoms with Crippen molar-refractivity contribution in [2.75, 3.05) is 6.61 Å². The molecule has 1 N–H and O–H groups in total. The largest absolute Gasteiger partial charge is 0.493 e. The monoisotopic (exact) mass is 346 g/mol. The van der Waals surface area contributed by atoms with E-state index in [1.54, 1.807) is 31.2 Å². The smallest absolute Gasteiger partial charge is 0.280 e. The van der Waals surface area contributed by atoms with Crippen LogP contribution in [0.2, 0.25) is 5.02 Å². The SMILES string of the molecule is CCOc1ccccc1/C=N\NC(=O)[C@H](C)Oc1cccc(Cl)c1. The van der Waals surface area contributed by atoms with Crippen molar-refractivity contribution in [3.63, 3.8) is 0 Å². The molecule has 0 aromatic heterocycles. The molecule has 126 valence electrons. The summed E-state index contributed by atoms with van der Waals surface area (Å²) in [5.41, 5.74) is 3.23. The van der Waals surface area contributed by atoms with Crippen molar-refractivity contribution < 1.29 is 14.3 Å². The van der Waals surface area contributed by atoms with E-state index in [0.29, 0.717) is 23.1 Å². The first-order chi connectivity index (χ1) is 11.6. The zero-order valence-electron chi connectivity index (χ0n) is 13.5. The Labute approximate surface area is 146 Å². The van der Waals surface area contributed by atoms with Gasteiger partial charge in [0.2, 0.25) is 0 Å². The highest BCUT2D eigenvalue weighted by Crippen LogP contribution is 2.18. The van der Waals surface area contributed by atoms with E-state index in [1.165, 1.54) is 6.21 Å². The molecule has 0 fully saturated rings. The van der Waals surface area contributed by atoms with Crippen LogP contribution in [0.4, 0.5) is 0 Å². The highest BCUT2D eigenvalue weighted by molar-refractivity contribution is 6.30. The lowest BCUT2D eigenvalue weighted by atomic mass is 10.2. The first-order valence-electron chi connectivity index (χ1n) is 7.57. The van der Waals surface area contributed by atoms with Crippen molar-refractivity contribution in [1.82, 2.24) is 5.43 Å². The Morgan fingerprint density at radius 2 is 2.08 bits per heavy atom. The van der Waals surface area contributed by atoms with E-state index in [4.69, 9.17) is 21.1 Å². The number of ether oxygens (including phenoxy) is 2. The third-order valence-electron chi connectivity index (χ3n) is 3.08.